The van der Waals surface area contributed by atoms with Crippen LogP contribution in [0.4, 0.5) is 17.2 Å². The van der Waals surface area contributed by atoms with Gasteiger partial charge in [-0.05, 0) is 55.5 Å². The fourth-order valence-electron chi connectivity index (χ4n) is 2.52. The molecule has 2 aromatic carbocycles. The maximum Gasteiger partial charge on any atom is 0.259 e. The van der Waals surface area contributed by atoms with Gasteiger partial charge in [-0.15, -0.1) is 0 Å². The Bertz CT molecular complexity index is 893. The molecule has 0 unspecified atom stereocenters. The van der Waals surface area contributed by atoms with Crippen LogP contribution in [0.15, 0.2) is 66.9 Å². The van der Waals surface area contributed by atoms with Crippen molar-refractivity contribution in [3.8, 4) is 11.5 Å². The number of carbonyl (C=O) groups excluding carboxylic acids is 1. The molecule has 0 saturated carbocycles. The van der Waals surface area contributed by atoms with Gasteiger partial charge in [0, 0.05) is 5.69 Å². The van der Waals surface area contributed by atoms with Crippen LogP contribution in [-0.2, 0) is 0 Å². The highest BCUT2D eigenvalue weighted by Crippen LogP contribution is 2.21. The lowest BCUT2D eigenvalue weighted by Gasteiger charge is -2.10. The summed E-state index contributed by atoms with van der Waals surface area (Å²) in [6.45, 7) is 2.58. The smallest absolute Gasteiger partial charge is 0.259 e. The van der Waals surface area contributed by atoms with Gasteiger partial charge in [0.1, 0.15) is 17.3 Å². The van der Waals surface area contributed by atoms with E-state index < -0.39 is 0 Å². The maximum absolute atomic E-state index is 12.4. The summed E-state index contributed by atoms with van der Waals surface area (Å²) in [5.41, 5.74) is 1.97. The summed E-state index contributed by atoms with van der Waals surface area (Å²) in [5.74, 6) is 1.78. The lowest BCUT2D eigenvalue weighted by atomic mass is 10.2. The Balaban J connectivity index is 1.64. The van der Waals surface area contributed by atoms with Crippen molar-refractivity contribution in [2.24, 2.45) is 0 Å². The van der Waals surface area contributed by atoms with Crippen molar-refractivity contribution in [1.82, 2.24) is 4.98 Å². The molecule has 3 aromatic rings. The highest BCUT2D eigenvalue weighted by Gasteiger charge is 2.11. The third-order valence-corrected chi connectivity index (χ3v) is 3.81. The molecule has 0 fully saturated rings. The van der Waals surface area contributed by atoms with Crippen LogP contribution in [0.2, 0.25) is 0 Å². The zero-order valence-corrected chi connectivity index (χ0v) is 15.2. The van der Waals surface area contributed by atoms with Gasteiger partial charge >= 0.3 is 0 Å². The molecule has 0 radical (unpaired) electrons. The minimum absolute atomic E-state index is 0.249. The second kappa shape index (κ2) is 8.71. The number of aromatic nitrogens is 1. The van der Waals surface area contributed by atoms with Gasteiger partial charge in [0.2, 0.25) is 0 Å². The predicted molar refractivity (Wildman–Crippen MR) is 106 cm³/mol. The Morgan fingerprint density at radius 3 is 2.41 bits per heavy atom. The second-order valence-electron chi connectivity index (χ2n) is 5.67. The molecular weight excluding hydrogens is 342 g/mol. The van der Waals surface area contributed by atoms with E-state index in [2.05, 4.69) is 15.6 Å². The molecule has 0 bridgehead atoms. The van der Waals surface area contributed by atoms with Crippen molar-refractivity contribution in [3.05, 3.63) is 72.4 Å². The van der Waals surface area contributed by atoms with Gasteiger partial charge in [-0.3, -0.25) is 4.79 Å². The first-order valence-corrected chi connectivity index (χ1v) is 8.60. The van der Waals surface area contributed by atoms with E-state index in [9.17, 15) is 4.79 Å². The van der Waals surface area contributed by atoms with Crippen molar-refractivity contribution in [1.29, 1.82) is 0 Å². The van der Waals surface area contributed by atoms with Gasteiger partial charge in [0.05, 0.1) is 31.2 Å². The molecule has 1 amide bonds. The molecule has 0 aliphatic rings. The van der Waals surface area contributed by atoms with E-state index >= 15 is 0 Å². The molecule has 1 aromatic heterocycles. The number of anilines is 3. The van der Waals surface area contributed by atoms with Crippen molar-refractivity contribution in [3.63, 3.8) is 0 Å². The lowest BCUT2D eigenvalue weighted by Crippen LogP contribution is -2.13. The summed E-state index contributed by atoms with van der Waals surface area (Å²) in [6, 6.07) is 18.3. The summed E-state index contributed by atoms with van der Waals surface area (Å²) in [6.07, 6.45) is 1.60. The minimum atomic E-state index is -0.249. The first-order valence-electron chi connectivity index (χ1n) is 8.60. The van der Waals surface area contributed by atoms with E-state index in [1.54, 1.807) is 36.5 Å². The molecule has 0 atom stereocenters. The number of amides is 1. The van der Waals surface area contributed by atoms with Crippen LogP contribution in [0.3, 0.4) is 0 Å². The number of para-hydroxylation sites is 1. The fourth-order valence-corrected chi connectivity index (χ4v) is 2.52. The summed E-state index contributed by atoms with van der Waals surface area (Å²) in [4.78, 5) is 16.7. The quantitative estimate of drug-likeness (QED) is 0.647. The number of methoxy groups -OCH3 is 1. The first-order chi connectivity index (χ1) is 13.2. The van der Waals surface area contributed by atoms with Crippen molar-refractivity contribution in [2.45, 2.75) is 6.92 Å². The van der Waals surface area contributed by atoms with Gasteiger partial charge in [-0.1, -0.05) is 12.1 Å². The van der Waals surface area contributed by atoms with E-state index in [1.165, 1.54) is 7.11 Å². The highest BCUT2D eigenvalue weighted by atomic mass is 16.5. The molecule has 3 rings (SSSR count). The number of nitrogens with zero attached hydrogens (tertiary/aromatic N) is 1. The van der Waals surface area contributed by atoms with Crippen molar-refractivity contribution < 1.29 is 14.3 Å². The zero-order valence-electron chi connectivity index (χ0n) is 15.2. The summed E-state index contributed by atoms with van der Waals surface area (Å²) in [5, 5.41) is 6.02. The van der Waals surface area contributed by atoms with E-state index in [1.807, 2.05) is 37.3 Å². The SMILES string of the molecule is CCOc1ccc(Nc2ccc(NC(=O)c3ccccc3OC)cn2)cc1. The monoisotopic (exact) mass is 363 g/mol. The molecule has 2 N–H and O–H groups in total. The molecular formula is C21H21N3O3. The predicted octanol–water partition coefficient (Wildman–Crippen LogP) is 4.48. The van der Waals surface area contributed by atoms with Crippen LogP contribution >= 0.6 is 0 Å². The molecule has 0 spiro atoms. The van der Waals surface area contributed by atoms with E-state index in [0.29, 0.717) is 29.4 Å². The Morgan fingerprint density at radius 2 is 1.74 bits per heavy atom. The van der Waals surface area contributed by atoms with Crippen LogP contribution in [0.5, 0.6) is 11.5 Å². The Hall–Kier alpha value is -3.54. The maximum atomic E-state index is 12.4. The Labute approximate surface area is 158 Å². The van der Waals surface area contributed by atoms with Gasteiger partial charge < -0.3 is 20.1 Å². The molecule has 6 nitrogen and oxygen atoms in total. The van der Waals surface area contributed by atoms with Crippen LogP contribution in [-0.4, -0.2) is 24.6 Å². The zero-order chi connectivity index (χ0) is 19.1. The number of benzene rings is 2. The van der Waals surface area contributed by atoms with Crippen LogP contribution < -0.4 is 20.1 Å². The van der Waals surface area contributed by atoms with Gasteiger partial charge in [-0.25, -0.2) is 4.98 Å². The van der Waals surface area contributed by atoms with Gasteiger partial charge in [0.25, 0.3) is 5.91 Å². The minimum Gasteiger partial charge on any atom is -0.496 e. The lowest BCUT2D eigenvalue weighted by molar-refractivity contribution is 0.102. The molecule has 6 heteroatoms. The van der Waals surface area contributed by atoms with E-state index in [4.69, 9.17) is 9.47 Å². The number of ether oxygens (including phenoxy) is 2. The van der Waals surface area contributed by atoms with Gasteiger partial charge in [-0.2, -0.15) is 0 Å². The van der Waals surface area contributed by atoms with Crippen LogP contribution in [0, 0.1) is 0 Å². The summed E-state index contributed by atoms with van der Waals surface area (Å²) in [7, 11) is 1.54. The Kier molecular flexibility index (Phi) is 5.89. The van der Waals surface area contributed by atoms with Crippen LogP contribution in [0.25, 0.3) is 0 Å². The molecule has 0 saturated heterocycles. The van der Waals surface area contributed by atoms with E-state index in [0.717, 1.165) is 11.4 Å². The summed E-state index contributed by atoms with van der Waals surface area (Å²) >= 11 is 0. The topological polar surface area (TPSA) is 72.5 Å². The molecule has 0 aliphatic heterocycles. The van der Waals surface area contributed by atoms with Gasteiger partial charge in [0.15, 0.2) is 0 Å². The molecule has 1 heterocycles. The van der Waals surface area contributed by atoms with Crippen molar-refractivity contribution in [2.75, 3.05) is 24.4 Å². The number of hydrogen-bond acceptors (Lipinski definition) is 5. The number of hydrogen-bond donors (Lipinski definition) is 2. The third kappa shape index (κ3) is 4.76. The normalized spacial score (nSPS) is 10.1. The van der Waals surface area contributed by atoms with E-state index in [-0.39, 0.29) is 5.91 Å². The number of rotatable bonds is 7. The number of carbonyl (C=O) groups is 1. The molecule has 27 heavy (non-hydrogen) atoms. The second-order valence-corrected chi connectivity index (χ2v) is 5.67. The average Bonchev–Trinajstić information content (AvgIpc) is 2.71. The highest BCUT2D eigenvalue weighted by molar-refractivity contribution is 6.06. The standard InChI is InChI=1S/C21H21N3O3/c1-3-27-17-11-8-15(9-12-17)23-20-13-10-16(14-22-20)24-21(25)18-6-4-5-7-19(18)26-2/h4-14H,3H2,1-2H3,(H,22,23)(H,24,25). The Morgan fingerprint density at radius 1 is 1.00 bits per heavy atom. The molecule has 138 valence electrons. The number of nitrogens with one attached hydrogen (secondary N) is 2. The van der Waals surface area contributed by atoms with Crippen molar-refractivity contribution >= 4 is 23.1 Å². The fraction of sp³-hybridized carbons (Fsp3) is 0.143. The number of pyridine rings is 1. The largest absolute Gasteiger partial charge is 0.496 e. The first kappa shape index (κ1) is 18.3. The van der Waals surface area contributed by atoms with Crippen LogP contribution in [0.1, 0.15) is 17.3 Å². The molecule has 0 aliphatic carbocycles. The average molecular weight is 363 g/mol. The third-order valence-electron chi connectivity index (χ3n) is 3.81. The summed E-state index contributed by atoms with van der Waals surface area (Å²) < 4.78 is 10.6.